The minimum absolute atomic E-state index is 0.249. The van der Waals surface area contributed by atoms with E-state index < -0.39 is 23.8 Å². The van der Waals surface area contributed by atoms with Crippen LogP contribution in [-0.4, -0.2) is 30.9 Å². The minimum atomic E-state index is -0.723. The summed E-state index contributed by atoms with van der Waals surface area (Å²) < 4.78 is 11.0. The molecule has 0 radical (unpaired) electrons. The average Bonchev–Trinajstić information content (AvgIpc) is 2.77. The molecule has 182 valence electrons. The summed E-state index contributed by atoms with van der Waals surface area (Å²) in [5.41, 5.74) is 2.24. The average molecular weight is 476 g/mol. The quantitative estimate of drug-likeness (QED) is 0.227. The van der Waals surface area contributed by atoms with Crippen LogP contribution in [0.3, 0.4) is 0 Å². The Bertz CT molecular complexity index is 861. The van der Waals surface area contributed by atoms with Gasteiger partial charge in [0.1, 0.15) is 5.92 Å². The van der Waals surface area contributed by atoms with Crippen molar-refractivity contribution in [3.05, 3.63) is 46.1 Å². The number of benzene rings is 1. The second-order valence-electron chi connectivity index (χ2n) is 8.59. The van der Waals surface area contributed by atoms with E-state index in [9.17, 15) is 9.59 Å². The molecular weight excluding hydrogens is 438 g/mol. The molecule has 0 aliphatic carbocycles. The summed E-state index contributed by atoms with van der Waals surface area (Å²) in [5, 5.41) is 0.493. The Balaban J connectivity index is 2.13. The van der Waals surface area contributed by atoms with Gasteiger partial charge in [-0.25, -0.2) is 4.79 Å². The molecular formula is C27H38ClNO4. The number of carbonyl (C=O) groups is 2. The maximum Gasteiger partial charge on any atom is 0.336 e. The fraction of sp³-hybridized carbons (Fsp3) is 0.593. The summed E-state index contributed by atoms with van der Waals surface area (Å²) in [6.07, 6.45) is 9.35. The molecule has 6 heteroatoms. The number of allylic oxidation sites excluding steroid dienone is 1. The van der Waals surface area contributed by atoms with E-state index in [-0.39, 0.29) is 6.61 Å². The van der Waals surface area contributed by atoms with Crippen molar-refractivity contribution in [2.45, 2.75) is 85.0 Å². The van der Waals surface area contributed by atoms with Gasteiger partial charge >= 0.3 is 11.9 Å². The zero-order valence-corrected chi connectivity index (χ0v) is 21.2. The molecule has 5 nitrogen and oxygen atoms in total. The monoisotopic (exact) mass is 475 g/mol. The van der Waals surface area contributed by atoms with Crippen LogP contribution in [0.25, 0.3) is 0 Å². The number of rotatable bonds is 13. The highest BCUT2D eigenvalue weighted by atomic mass is 35.5. The SMILES string of the molecule is CCCCCCCCCCOC(=O)C1=C(C)N=C(C)C(C(=O)OCC)C1c1ccccc1Cl. The predicted octanol–water partition coefficient (Wildman–Crippen LogP) is 7.04. The number of hydrogen-bond acceptors (Lipinski definition) is 5. The Labute approximate surface area is 203 Å². The van der Waals surface area contributed by atoms with Crippen molar-refractivity contribution < 1.29 is 19.1 Å². The van der Waals surface area contributed by atoms with Crippen molar-refractivity contribution >= 4 is 29.3 Å². The van der Waals surface area contributed by atoms with Gasteiger partial charge in [-0.05, 0) is 38.8 Å². The first-order valence-electron chi connectivity index (χ1n) is 12.3. The molecule has 33 heavy (non-hydrogen) atoms. The zero-order chi connectivity index (χ0) is 24.2. The number of esters is 2. The Morgan fingerprint density at radius 1 is 0.939 bits per heavy atom. The standard InChI is InChI=1S/C27H38ClNO4/c1-5-7-8-9-10-11-12-15-18-33-27(31)24-20(4)29-19(3)23(26(30)32-6-2)25(24)21-16-13-14-17-22(21)28/h13-14,16-17,23,25H,5-12,15,18H2,1-4H3. The summed E-state index contributed by atoms with van der Waals surface area (Å²) in [7, 11) is 0. The van der Waals surface area contributed by atoms with E-state index in [1.807, 2.05) is 18.2 Å². The fourth-order valence-corrected chi connectivity index (χ4v) is 4.63. The largest absolute Gasteiger partial charge is 0.465 e. The van der Waals surface area contributed by atoms with Gasteiger partial charge in [-0.15, -0.1) is 0 Å². The maximum absolute atomic E-state index is 13.2. The molecule has 0 fully saturated rings. The van der Waals surface area contributed by atoms with Crippen LogP contribution in [0.15, 0.2) is 40.5 Å². The summed E-state index contributed by atoms with van der Waals surface area (Å²) in [6, 6.07) is 7.28. The van der Waals surface area contributed by atoms with Crippen molar-refractivity contribution in [1.82, 2.24) is 0 Å². The summed E-state index contributed by atoms with van der Waals surface area (Å²) in [6.45, 7) is 8.15. The molecule has 1 aromatic carbocycles. The third kappa shape index (κ3) is 7.70. The van der Waals surface area contributed by atoms with Crippen LogP contribution >= 0.6 is 11.6 Å². The van der Waals surface area contributed by atoms with Gasteiger partial charge in [-0.3, -0.25) is 9.79 Å². The molecule has 2 atom stereocenters. The first-order chi connectivity index (χ1) is 15.9. The van der Waals surface area contributed by atoms with Gasteiger partial charge in [0.15, 0.2) is 0 Å². The molecule has 0 N–H and O–H groups in total. The van der Waals surface area contributed by atoms with Crippen molar-refractivity contribution in [3.63, 3.8) is 0 Å². The third-order valence-corrected chi connectivity index (χ3v) is 6.40. The van der Waals surface area contributed by atoms with Gasteiger partial charge < -0.3 is 9.47 Å². The highest BCUT2D eigenvalue weighted by Gasteiger charge is 2.43. The molecule has 0 bridgehead atoms. The smallest absolute Gasteiger partial charge is 0.336 e. The van der Waals surface area contributed by atoms with Crippen molar-refractivity contribution in [2.75, 3.05) is 13.2 Å². The van der Waals surface area contributed by atoms with Crippen LogP contribution in [0.1, 0.15) is 90.5 Å². The second-order valence-corrected chi connectivity index (χ2v) is 9.00. The Morgan fingerprint density at radius 3 is 2.21 bits per heavy atom. The second kappa shape index (κ2) is 14.2. The Kier molecular flexibility index (Phi) is 11.7. The lowest BCUT2D eigenvalue weighted by atomic mass is 9.75. The zero-order valence-electron chi connectivity index (χ0n) is 20.5. The molecule has 1 aliphatic rings. The molecule has 1 heterocycles. The lowest BCUT2D eigenvalue weighted by Gasteiger charge is -2.32. The van der Waals surface area contributed by atoms with Crippen molar-refractivity contribution in [2.24, 2.45) is 10.9 Å². The number of hydrogen-bond donors (Lipinski definition) is 0. The third-order valence-electron chi connectivity index (χ3n) is 6.06. The highest BCUT2D eigenvalue weighted by Crippen LogP contribution is 2.42. The van der Waals surface area contributed by atoms with Gasteiger partial charge in [-0.2, -0.15) is 0 Å². The van der Waals surface area contributed by atoms with Gasteiger partial charge in [0.05, 0.1) is 18.8 Å². The number of ether oxygens (including phenoxy) is 2. The molecule has 0 amide bonds. The molecule has 1 aromatic rings. The van der Waals surface area contributed by atoms with E-state index in [0.29, 0.717) is 34.2 Å². The van der Waals surface area contributed by atoms with Gasteiger partial charge in [-0.1, -0.05) is 81.7 Å². The molecule has 1 aliphatic heterocycles. The van der Waals surface area contributed by atoms with Gasteiger partial charge in [0.25, 0.3) is 0 Å². The number of unbranched alkanes of at least 4 members (excludes halogenated alkanes) is 7. The van der Waals surface area contributed by atoms with E-state index in [1.165, 1.54) is 32.1 Å². The Hall–Kier alpha value is -2.14. The number of nitrogens with zero attached hydrogens (tertiary/aromatic N) is 1. The number of carbonyl (C=O) groups excluding carboxylic acids is 2. The van der Waals surface area contributed by atoms with Crippen molar-refractivity contribution in [1.29, 1.82) is 0 Å². The van der Waals surface area contributed by atoms with Crippen LogP contribution in [0, 0.1) is 5.92 Å². The molecule has 2 unspecified atom stereocenters. The van der Waals surface area contributed by atoms with E-state index in [4.69, 9.17) is 21.1 Å². The van der Waals surface area contributed by atoms with Crippen LogP contribution in [0.2, 0.25) is 5.02 Å². The molecule has 0 aromatic heterocycles. The number of aliphatic imine (C=N–C) groups is 1. The molecule has 0 spiro atoms. The lowest BCUT2D eigenvalue weighted by molar-refractivity contribution is -0.146. The van der Waals surface area contributed by atoms with E-state index in [1.54, 1.807) is 26.8 Å². The Morgan fingerprint density at radius 2 is 1.58 bits per heavy atom. The molecule has 0 saturated heterocycles. The van der Waals surface area contributed by atoms with Crippen LogP contribution in [0.4, 0.5) is 0 Å². The summed E-state index contributed by atoms with van der Waals surface area (Å²) >= 11 is 6.51. The summed E-state index contributed by atoms with van der Waals surface area (Å²) in [4.78, 5) is 30.6. The number of halogens is 1. The van der Waals surface area contributed by atoms with E-state index in [0.717, 1.165) is 19.3 Å². The predicted molar refractivity (Wildman–Crippen MR) is 134 cm³/mol. The van der Waals surface area contributed by atoms with E-state index in [2.05, 4.69) is 11.9 Å². The van der Waals surface area contributed by atoms with Gasteiger partial charge in [0, 0.05) is 22.3 Å². The minimum Gasteiger partial charge on any atom is -0.465 e. The fourth-order valence-electron chi connectivity index (χ4n) is 4.38. The summed E-state index contributed by atoms with van der Waals surface area (Å²) in [5.74, 6) is -2.17. The van der Waals surface area contributed by atoms with Crippen molar-refractivity contribution in [3.8, 4) is 0 Å². The van der Waals surface area contributed by atoms with Crippen LogP contribution in [0.5, 0.6) is 0 Å². The molecule has 0 saturated carbocycles. The van der Waals surface area contributed by atoms with Crippen LogP contribution in [-0.2, 0) is 19.1 Å². The highest BCUT2D eigenvalue weighted by molar-refractivity contribution is 6.31. The topological polar surface area (TPSA) is 65.0 Å². The lowest BCUT2D eigenvalue weighted by Crippen LogP contribution is -2.36. The molecule has 2 rings (SSSR count). The van der Waals surface area contributed by atoms with Crippen LogP contribution < -0.4 is 0 Å². The first-order valence-corrected chi connectivity index (χ1v) is 12.6. The maximum atomic E-state index is 13.2. The normalized spacial score (nSPS) is 18.2. The first kappa shape index (κ1) is 27.1. The van der Waals surface area contributed by atoms with Gasteiger partial charge in [0.2, 0.25) is 0 Å². The van der Waals surface area contributed by atoms with E-state index >= 15 is 0 Å².